The van der Waals surface area contributed by atoms with Crippen LogP contribution in [0.3, 0.4) is 0 Å². The van der Waals surface area contributed by atoms with Gasteiger partial charge in [0.05, 0.1) is 6.33 Å². The summed E-state index contributed by atoms with van der Waals surface area (Å²) in [6, 6.07) is 7.54. The fourth-order valence-corrected chi connectivity index (χ4v) is 3.07. The zero-order chi connectivity index (χ0) is 16.9. The number of hydrogen-bond donors (Lipinski definition) is 0. The largest absolute Gasteiger partial charge is 0.490 e. The van der Waals surface area contributed by atoms with E-state index in [2.05, 4.69) is 4.98 Å². The van der Waals surface area contributed by atoms with Crippen LogP contribution in [0, 0.1) is 0 Å². The van der Waals surface area contributed by atoms with Gasteiger partial charge in [-0.2, -0.15) is 0 Å². The molecule has 1 aliphatic heterocycles. The van der Waals surface area contributed by atoms with E-state index in [1.54, 1.807) is 12.5 Å². The molecule has 0 spiro atoms. The van der Waals surface area contributed by atoms with E-state index in [0.29, 0.717) is 11.4 Å². The fourth-order valence-electron chi connectivity index (χ4n) is 2.95. The number of imidazole rings is 1. The number of halogens is 1. The molecule has 5 nitrogen and oxygen atoms in total. The van der Waals surface area contributed by atoms with Crippen LogP contribution < -0.4 is 4.74 Å². The molecule has 24 heavy (non-hydrogen) atoms. The fraction of sp³-hybridized carbons (Fsp3) is 0.444. The zero-order valence-corrected chi connectivity index (χ0v) is 14.5. The summed E-state index contributed by atoms with van der Waals surface area (Å²) in [5.74, 6) is 1.03. The molecule has 0 saturated carbocycles. The Morgan fingerprint density at radius 3 is 2.67 bits per heavy atom. The van der Waals surface area contributed by atoms with Gasteiger partial charge in [-0.15, -0.1) is 0 Å². The maximum atomic E-state index is 12.4. The first-order chi connectivity index (χ1) is 11.6. The lowest BCUT2D eigenvalue weighted by Crippen LogP contribution is -2.42. The van der Waals surface area contributed by atoms with Crippen molar-refractivity contribution in [2.75, 3.05) is 13.1 Å². The molecule has 0 aliphatic carbocycles. The van der Waals surface area contributed by atoms with Crippen molar-refractivity contribution in [1.29, 1.82) is 0 Å². The average Bonchev–Trinajstić information content (AvgIpc) is 3.12. The molecular weight excluding hydrogens is 326 g/mol. The van der Waals surface area contributed by atoms with Gasteiger partial charge in [-0.1, -0.05) is 11.6 Å². The molecule has 2 aromatic rings. The second-order valence-electron chi connectivity index (χ2n) is 6.21. The Morgan fingerprint density at radius 1 is 1.33 bits per heavy atom. The van der Waals surface area contributed by atoms with E-state index in [4.69, 9.17) is 16.3 Å². The van der Waals surface area contributed by atoms with Crippen molar-refractivity contribution in [3.8, 4) is 5.75 Å². The van der Waals surface area contributed by atoms with Crippen LogP contribution in [-0.2, 0) is 4.79 Å². The summed E-state index contributed by atoms with van der Waals surface area (Å²) in [5.41, 5.74) is 0. The first-order valence-corrected chi connectivity index (χ1v) is 8.67. The second-order valence-corrected chi connectivity index (χ2v) is 6.65. The number of aromatic nitrogens is 2. The quantitative estimate of drug-likeness (QED) is 0.830. The van der Waals surface area contributed by atoms with Gasteiger partial charge in [-0.05, 0) is 31.2 Å². The molecule has 0 unspecified atom stereocenters. The van der Waals surface area contributed by atoms with Gasteiger partial charge < -0.3 is 14.2 Å². The van der Waals surface area contributed by atoms with Gasteiger partial charge >= 0.3 is 0 Å². The minimum Gasteiger partial charge on any atom is -0.490 e. The molecule has 6 heteroatoms. The van der Waals surface area contributed by atoms with E-state index >= 15 is 0 Å². The van der Waals surface area contributed by atoms with Crippen molar-refractivity contribution < 1.29 is 9.53 Å². The molecule has 1 atom stereocenters. The Hall–Kier alpha value is -2.01. The smallest absolute Gasteiger partial charge is 0.224 e. The predicted octanol–water partition coefficient (Wildman–Crippen LogP) is 3.56. The Labute approximate surface area is 147 Å². The number of benzene rings is 1. The Bertz CT molecular complexity index is 649. The van der Waals surface area contributed by atoms with Gasteiger partial charge in [-0.25, -0.2) is 4.98 Å². The van der Waals surface area contributed by atoms with Crippen LogP contribution >= 0.6 is 11.6 Å². The molecule has 1 aromatic carbocycles. The summed E-state index contributed by atoms with van der Waals surface area (Å²) in [4.78, 5) is 18.4. The maximum Gasteiger partial charge on any atom is 0.224 e. The van der Waals surface area contributed by atoms with Crippen LogP contribution in [0.4, 0.5) is 0 Å². The lowest BCUT2D eigenvalue weighted by Gasteiger charge is -2.33. The number of carbonyl (C=O) groups excluding carboxylic acids is 1. The van der Waals surface area contributed by atoms with Gasteiger partial charge in [0.1, 0.15) is 11.9 Å². The maximum absolute atomic E-state index is 12.4. The number of rotatable bonds is 5. The minimum absolute atomic E-state index is 0.128. The van der Waals surface area contributed by atoms with Crippen molar-refractivity contribution in [3.05, 3.63) is 48.0 Å². The third kappa shape index (κ3) is 4.29. The number of nitrogens with zero attached hydrogens (tertiary/aromatic N) is 3. The number of likely N-dealkylation sites (tertiary alicyclic amines) is 1. The highest BCUT2D eigenvalue weighted by molar-refractivity contribution is 6.30. The van der Waals surface area contributed by atoms with Crippen LogP contribution in [0.15, 0.2) is 43.0 Å². The minimum atomic E-state index is 0.128. The molecule has 3 rings (SSSR count). The summed E-state index contributed by atoms with van der Waals surface area (Å²) in [5, 5.41) is 0.703. The molecule has 128 valence electrons. The SMILES string of the molecule is C[C@@H](CC(=O)N1CCC(Oc2ccc(Cl)cc2)CC1)n1ccnc1. The topological polar surface area (TPSA) is 47.4 Å². The highest BCUT2D eigenvalue weighted by Crippen LogP contribution is 2.22. The second kappa shape index (κ2) is 7.71. The summed E-state index contributed by atoms with van der Waals surface area (Å²) in [6.45, 7) is 3.53. The molecule has 0 radical (unpaired) electrons. The molecule has 1 aromatic heterocycles. The van der Waals surface area contributed by atoms with Crippen LogP contribution in [0.25, 0.3) is 0 Å². The van der Waals surface area contributed by atoms with E-state index < -0.39 is 0 Å². The standard InChI is InChI=1S/C18H22ClN3O2/c1-14(22-11-8-20-13-22)12-18(23)21-9-6-17(7-10-21)24-16-4-2-15(19)3-5-16/h2-5,8,11,13-14,17H,6-7,9-10,12H2,1H3/t14-/m0/s1. The third-order valence-corrected chi connectivity index (χ3v) is 4.67. The summed E-state index contributed by atoms with van der Waals surface area (Å²) < 4.78 is 7.94. The van der Waals surface area contributed by atoms with E-state index in [1.807, 2.05) is 46.9 Å². The number of ether oxygens (including phenoxy) is 1. The predicted molar refractivity (Wildman–Crippen MR) is 93.2 cm³/mol. The first kappa shape index (κ1) is 16.8. The monoisotopic (exact) mass is 347 g/mol. The average molecular weight is 348 g/mol. The number of piperidine rings is 1. The highest BCUT2D eigenvalue weighted by atomic mass is 35.5. The lowest BCUT2D eigenvalue weighted by molar-refractivity contribution is -0.133. The molecular formula is C18H22ClN3O2. The lowest BCUT2D eigenvalue weighted by atomic mass is 10.1. The number of carbonyl (C=O) groups is 1. The van der Waals surface area contributed by atoms with Gasteiger partial charge in [-0.3, -0.25) is 4.79 Å². The summed E-state index contributed by atoms with van der Waals surface area (Å²) in [7, 11) is 0. The molecule has 1 saturated heterocycles. The summed E-state index contributed by atoms with van der Waals surface area (Å²) >= 11 is 5.88. The van der Waals surface area contributed by atoms with Gasteiger partial charge in [0, 0.05) is 55.8 Å². The van der Waals surface area contributed by atoms with Gasteiger partial charge in [0.2, 0.25) is 5.91 Å². The number of amides is 1. The first-order valence-electron chi connectivity index (χ1n) is 8.29. The van der Waals surface area contributed by atoms with E-state index in [0.717, 1.165) is 31.7 Å². The van der Waals surface area contributed by atoms with Crippen LogP contribution in [0.1, 0.15) is 32.2 Å². The van der Waals surface area contributed by atoms with Crippen LogP contribution in [0.5, 0.6) is 5.75 Å². The van der Waals surface area contributed by atoms with Crippen molar-refractivity contribution in [2.24, 2.45) is 0 Å². The van der Waals surface area contributed by atoms with Crippen molar-refractivity contribution in [2.45, 2.75) is 38.3 Å². The third-order valence-electron chi connectivity index (χ3n) is 4.41. The normalized spacial score (nSPS) is 16.8. The van der Waals surface area contributed by atoms with E-state index in [9.17, 15) is 4.79 Å². The summed E-state index contributed by atoms with van der Waals surface area (Å²) in [6.07, 6.45) is 7.75. The van der Waals surface area contributed by atoms with Crippen LogP contribution in [-0.4, -0.2) is 39.6 Å². The van der Waals surface area contributed by atoms with E-state index in [1.165, 1.54) is 0 Å². The van der Waals surface area contributed by atoms with E-state index in [-0.39, 0.29) is 18.1 Å². The van der Waals surface area contributed by atoms with Crippen molar-refractivity contribution in [3.63, 3.8) is 0 Å². The van der Waals surface area contributed by atoms with Gasteiger partial charge in [0.15, 0.2) is 0 Å². The zero-order valence-electron chi connectivity index (χ0n) is 13.8. The molecule has 1 aliphatic rings. The Balaban J connectivity index is 1.46. The molecule has 2 heterocycles. The molecule has 1 amide bonds. The molecule has 0 bridgehead atoms. The highest BCUT2D eigenvalue weighted by Gasteiger charge is 2.25. The Morgan fingerprint density at radius 2 is 2.04 bits per heavy atom. The molecule has 1 fully saturated rings. The van der Waals surface area contributed by atoms with Crippen molar-refractivity contribution >= 4 is 17.5 Å². The number of hydrogen-bond acceptors (Lipinski definition) is 3. The van der Waals surface area contributed by atoms with Crippen molar-refractivity contribution in [1.82, 2.24) is 14.5 Å². The molecule has 0 N–H and O–H groups in total. The Kier molecular flexibility index (Phi) is 5.41. The van der Waals surface area contributed by atoms with Crippen LogP contribution in [0.2, 0.25) is 5.02 Å². The van der Waals surface area contributed by atoms with Gasteiger partial charge in [0.25, 0.3) is 0 Å².